The molecule has 8 heteroatoms. The average Bonchev–Trinajstić information content (AvgIpc) is 3.61. The molecule has 0 saturated carbocycles. The van der Waals surface area contributed by atoms with Crippen LogP contribution in [0.1, 0.15) is 33.1 Å². The van der Waals surface area contributed by atoms with E-state index in [1.165, 1.54) is 28.7 Å². The molecule has 0 saturated heterocycles. The third-order valence-corrected chi connectivity index (χ3v) is 8.50. The van der Waals surface area contributed by atoms with E-state index in [0.29, 0.717) is 33.2 Å². The molecule has 0 fully saturated rings. The van der Waals surface area contributed by atoms with E-state index < -0.39 is 0 Å². The van der Waals surface area contributed by atoms with Crippen molar-refractivity contribution in [1.82, 2.24) is 14.1 Å². The van der Waals surface area contributed by atoms with Crippen LogP contribution in [0.2, 0.25) is 0 Å². The number of carbonyl (C=O) groups excluding carboxylic acids is 1. The summed E-state index contributed by atoms with van der Waals surface area (Å²) in [6, 6.07) is 16.1. The van der Waals surface area contributed by atoms with Gasteiger partial charge in [0, 0.05) is 41.0 Å². The van der Waals surface area contributed by atoms with Crippen molar-refractivity contribution in [2.24, 2.45) is 0 Å². The highest BCUT2D eigenvalue weighted by Crippen LogP contribution is 2.33. The first-order valence-electron chi connectivity index (χ1n) is 12.4. The second kappa shape index (κ2) is 11.0. The second-order valence-electron chi connectivity index (χ2n) is 9.22. The van der Waals surface area contributed by atoms with Gasteiger partial charge in [-0.2, -0.15) is 0 Å². The van der Waals surface area contributed by atoms with Crippen LogP contribution in [0.5, 0.6) is 0 Å². The minimum atomic E-state index is -0.158. The van der Waals surface area contributed by atoms with E-state index in [0.717, 1.165) is 35.7 Å². The second-order valence-corrected chi connectivity index (χ2v) is 11.0. The quantitative estimate of drug-likeness (QED) is 0.0834. The number of hydrogen-bond acceptors (Lipinski definition) is 6. The number of fused-ring (bicyclic) bond motifs is 1. The zero-order chi connectivity index (χ0) is 26.8. The lowest BCUT2D eigenvalue weighted by atomic mass is 10.1. The Morgan fingerprint density at radius 1 is 1.13 bits per heavy atom. The summed E-state index contributed by atoms with van der Waals surface area (Å²) in [6.45, 7) is 10.8. The number of thioether (sulfide) groups is 1. The summed E-state index contributed by atoms with van der Waals surface area (Å²) in [7, 11) is 0. The van der Waals surface area contributed by atoms with E-state index in [1.807, 2.05) is 62.5 Å². The van der Waals surface area contributed by atoms with E-state index in [2.05, 4.69) is 23.3 Å². The van der Waals surface area contributed by atoms with Crippen LogP contribution in [0.25, 0.3) is 21.5 Å². The summed E-state index contributed by atoms with van der Waals surface area (Å²) in [4.78, 5) is 32.3. The van der Waals surface area contributed by atoms with Gasteiger partial charge in [-0.05, 0) is 51.0 Å². The molecule has 4 heterocycles. The number of Topliss-reactive ketones (excluding diaryl/α,β-unsaturated/α-hetero) is 1. The largest absolute Gasteiger partial charge is 0.461 e. The van der Waals surface area contributed by atoms with Crippen molar-refractivity contribution in [2.75, 3.05) is 5.75 Å². The van der Waals surface area contributed by atoms with Gasteiger partial charge in [0.25, 0.3) is 5.56 Å². The maximum atomic E-state index is 13.5. The summed E-state index contributed by atoms with van der Waals surface area (Å²) in [6.07, 6.45) is 2.57. The van der Waals surface area contributed by atoms with Crippen LogP contribution >= 0.6 is 23.1 Å². The summed E-state index contributed by atoms with van der Waals surface area (Å²) >= 11 is 2.69. The number of thiophene rings is 1. The summed E-state index contributed by atoms with van der Waals surface area (Å²) in [5, 5.41) is 2.95. The molecule has 0 aliphatic rings. The van der Waals surface area contributed by atoms with E-state index in [-0.39, 0.29) is 17.1 Å². The normalized spacial score (nSPS) is 11.3. The molecule has 38 heavy (non-hydrogen) atoms. The van der Waals surface area contributed by atoms with Crippen LogP contribution in [0.15, 0.2) is 80.9 Å². The first kappa shape index (κ1) is 26.0. The molecular formula is C30H29N3O3S2. The fourth-order valence-corrected chi connectivity index (χ4v) is 6.55. The lowest BCUT2D eigenvalue weighted by molar-refractivity contribution is 0.102. The fourth-order valence-electron chi connectivity index (χ4n) is 4.69. The van der Waals surface area contributed by atoms with Crippen LogP contribution in [-0.2, 0) is 19.5 Å². The maximum absolute atomic E-state index is 13.5. The topological polar surface area (TPSA) is 70.0 Å². The van der Waals surface area contributed by atoms with E-state index in [4.69, 9.17) is 9.40 Å². The predicted octanol–water partition coefficient (Wildman–Crippen LogP) is 6.85. The first-order valence-corrected chi connectivity index (χ1v) is 14.3. The number of ketones is 1. The van der Waals surface area contributed by atoms with Crippen molar-refractivity contribution in [3.63, 3.8) is 0 Å². The number of carbonyl (C=O) groups is 1. The third kappa shape index (κ3) is 5.06. The third-order valence-electron chi connectivity index (χ3n) is 6.65. The Bertz CT molecular complexity index is 1690. The number of hydrogen-bond donors (Lipinski definition) is 0. The number of allylic oxidation sites excluding steroid dienone is 1. The molecule has 5 rings (SSSR count). The maximum Gasteiger partial charge on any atom is 0.263 e. The van der Waals surface area contributed by atoms with Crippen molar-refractivity contribution in [1.29, 1.82) is 0 Å². The number of benzene rings is 1. The van der Waals surface area contributed by atoms with Gasteiger partial charge in [0.2, 0.25) is 0 Å². The summed E-state index contributed by atoms with van der Waals surface area (Å²) in [5.74, 6) is 1.64. The zero-order valence-electron chi connectivity index (χ0n) is 21.7. The van der Waals surface area contributed by atoms with Crippen LogP contribution in [0.3, 0.4) is 0 Å². The Morgan fingerprint density at radius 3 is 2.63 bits per heavy atom. The average molecular weight is 544 g/mol. The van der Waals surface area contributed by atoms with Gasteiger partial charge in [-0.15, -0.1) is 17.9 Å². The predicted molar refractivity (Wildman–Crippen MR) is 156 cm³/mol. The van der Waals surface area contributed by atoms with Gasteiger partial charge in [0.15, 0.2) is 10.9 Å². The Balaban J connectivity index is 1.38. The summed E-state index contributed by atoms with van der Waals surface area (Å²) in [5.41, 5.74) is 4.59. The Kier molecular flexibility index (Phi) is 7.53. The Hall–Kier alpha value is -3.62. The standard InChI is InChI=1S/C30H29N3O3S2/c1-5-14-33-29(35)27-24(26-12-11-20(3)36-26)17-37-28(27)31-30(33)38-18-25(34)23-16-19(2)32(21(23)4)15-13-22-9-7-6-8-10-22/h5-12,16-17H,1,13-15,18H2,2-4H3. The minimum absolute atomic E-state index is 0.0199. The highest BCUT2D eigenvalue weighted by atomic mass is 32.2. The van der Waals surface area contributed by atoms with Gasteiger partial charge < -0.3 is 8.98 Å². The molecule has 0 amide bonds. The monoisotopic (exact) mass is 543 g/mol. The number of aryl methyl sites for hydroxylation is 3. The van der Waals surface area contributed by atoms with Gasteiger partial charge in [-0.3, -0.25) is 14.2 Å². The van der Waals surface area contributed by atoms with Crippen molar-refractivity contribution >= 4 is 39.1 Å². The number of rotatable bonds is 10. The van der Waals surface area contributed by atoms with Gasteiger partial charge in [-0.1, -0.05) is 48.2 Å². The number of nitrogens with zero attached hydrogens (tertiary/aromatic N) is 3. The molecule has 0 radical (unpaired) electrons. The van der Waals surface area contributed by atoms with E-state index in [9.17, 15) is 9.59 Å². The molecule has 5 aromatic rings. The molecular weight excluding hydrogens is 514 g/mol. The van der Waals surface area contributed by atoms with E-state index >= 15 is 0 Å². The van der Waals surface area contributed by atoms with Gasteiger partial charge in [0.1, 0.15) is 16.4 Å². The molecule has 194 valence electrons. The SMILES string of the molecule is C=CCn1c(SCC(=O)c2cc(C)n(CCc3ccccc3)c2C)nc2scc(-c3ccc(C)o3)c2c1=O. The molecule has 0 bridgehead atoms. The molecule has 4 aromatic heterocycles. The van der Waals surface area contributed by atoms with Gasteiger partial charge in [0.05, 0.1) is 11.1 Å². The van der Waals surface area contributed by atoms with Crippen LogP contribution < -0.4 is 5.56 Å². The number of furan rings is 1. The van der Waals surface area contributed by atoms with Crippen molar-refractivity contribution in [2.45, 2.75) is 45.4 Å². The molecule has 0 spiro atoms. The minimum Gasteiger partial charge on any atom is -0.461 e. The Morgan fingerprint density at radius 2 is 1.92 bits per heavy atom. The van der Waals surface area contributed by atoms with Crippen molar-refractivity contribution in [3.8, 4) is 11.3 Å². The smallest absolute Gasteiger partial charge is 0.263 e. The highest BCUT2D eigenvalue weighted by Gasteiger charge is 2.21. The molecule has 6 nitrogen and oxygen atoms in total. The molecule has 0 aliphatic carbocycles. The molecule has 1 aromatic carbocycles. The summed E-state index contributed by atoms with van der Waals surface area (Å²) < 4.78 is 9.56. The Labute approximate surface area is 229 Å². The lowest BCUT2D eigenvalue weighted by Gasteiger charge is -2.11. The number of aromatic nitrogens is 3. The molecule has 0 unspecified atom stereocenters. The first-order chi connectivity index (χ1) is 18.4. The van der Waals surface area contributed by atoms with E-state index in [1.54, 1.807) is 10.6 Å². The van der Waals surface area contributed by atoms with Crippen LogP contribution in [-0.4, -0.2) is 25.7 Å². The van der Waals surface area contributed by atoms with Crippen molar-refractivity contribution in [3.05, 3.63) is 105 Å². The molecule has 0 N–H and O–H groups in total. The lowest BCUT2D eigenvalue weighted by Crippen LogP contribution is -2.23. The van der Waals surface area contributed by atoms with Crippen LogP contribution in [0.4, 0.5) is 0 Å². The van der Waals surface area contributed by atoms with Gasteiger partial charge >= 0.3 is 0 Å². The molecule has 0 aliphatic heterocycles. The highest BCUT2D eigenvalue weighted by molar-refractivity contribution is 7.99. The van der Waals surface area contributed by atoms with Crippen molar-refractivity contribution < 1.29 is 9.21 Å². The molecule has 0 atom stereocenters. The van der Waals surface area contributed by atoms with Crippen LogP contribution in [0, 0.1) is 20.8 Å². The van der Waals surface area contributed by atoms with Gasteiger partial charge in [-0.25, -0.2) is 4.98 Å². The fraction of sp³-hybridized carbons (Fsp3) is 0.233. The zero-order valence-corrected chi connectivity index (χ0v) is 23.3.